The van der Waals surface area contributed by atoms with Gasteiger partial charge < -0.3 is 10.0 Å². The third-order valence-corrected chi connectivity index (χ3v) is 7.59. The highest BCUT2D eigenvalue weighted by Gasteiger charge is 2.43. The summed E-state index contributed by atoms with van der Waals surface area (Å²) < 4.78 is 3.09. The third-order valence-electron chi connectivity index (χ3n) is 6.49. The average Bonchev–Trinajstić information content (AvgIpc) is 3.50. The van der Waals surface area contributed by atoms with Gasteiger partial charge in [-0.2, -0.15) is 0 Å². The molecule has 3 aromatic heterocycles. The molecule has 152 valence electrons. The summed E-state index contributed by atoms with van der Waals surface area (Å²) in [6.45, 7) is 1.95. The van der Waals surface area contributed by atoms with Crippen LogP contribution in [0.15, 0.2) is 55.0 Å². The number of nitrogens with zero attached hydrogens (tertiary/aromatic N) is 6. The van der Waals surface area contributed by atoms with Crippen LogP contribution in [-0.2, 0) is 0 Å². The molecule has 8 heteroatoms. The molecule has 1 saturated heterocycles. The minimum atomic E-state index is -0.409. The van der Waals surface area contributed by atoms with Crippen LogP contribution < -0.4 is 4.90 Å². The lowest BCUT2D eigenvalue weighted by atomic mass is 9.77. The van der Waals surface area contributed by atoms with Gasteiger partial charge in [-0.25, -0.2) is 9.67 Å². The third kappa shape index (κ3) is 3.07. The van der Waals surface area contributed by atoms with Gasteiger partial charge in [0.05, 0.1) is 28.6 Å². The largest absolute Gasteiger partial charge is 0.391 e. The molecule has 4 aromatic rings. The first-order chi connectivity index (χ1) is 14.7. The van der Waals surface area contributed by atoms with Gasteiger partial charge in [0, 0.05) is 31.0 Å². The Morgan fingerprint density at radius 3 is 2.63 bits per heavy atom. The first-order valence-corrected chi connectivity index (χ1v) is 11.2. The van der Waals surface area contributed by atoms with Crippen LogP contribution in [0.5, 0.6) is 0 Å². The van der Waals surface area contributed by atoms with Crippen LogP contribution >= 0.6 is 11.3 Å². The standard InChI is InChI=1S/C22H22N6OS/c29-20-10-16-12-27(22-24-17-3-1-2-4-21(17)30-22)11-15(16)9-19(20)28-13-18(25-26-28)14-5-7-23-8-6-14/h1-8,13,15-16,19-20,29H,9-12H2/t15-,16+,19-,20-/m1/s1. The van der Waals surface area contributed by atoms with E-state index in [0.29, 0.717) is 11.8 Å². The van der Waals surface area contributed by atoms with E-state index >= 15 is 0 Å². The number of benzene rings is 1. The molecule has 0 spiro atoms. The molecule has 7 nitrogen and oxygen atoms in total. The van der Waals surface area contributed by atoms with Gasteiger partial charge in [-0.05, 0) is 48.9 Å². The van der Waals surface area contributed by atoms with E-state index in [4.69, 9.17) is 4.98 Å². The Kier molecular flexibility index (Phi) is 4.28. The van der Waals surface area contributed by atoms with E-state index in [1.165, 1.54) is 4.70 Å². The quantitative estimate of drug-likeness (QED) is 0.549. The normalized spacial score (nSPS) is 26.2. The zero-order chi connectivity index (χ0) is 20.1. The van der Waals surface area contributed by atoms with Gasteiger partial charge in [-0.15, -0.1) is 5.10 Å². The van der Waals surface area contributed by atoms with Crippen LogP contribution in [0.4, 0.5) is 5.13 Å². The summed E-state index contributed by atoms with van der Waals surface area (Å²) in [6.07, 6.45) is 6.75. The van der Waals surface area contributed by atoms with Crippen molar-refractivity contribution in [1.29, 1.82) is 0 Å². The highest BCUT2D eigenvalue weighted by atomic mass is 32.1. The highest BCUT2D eigenvalue weighted by molar-refractivity contribution is 7.22. The van der Waals surface area contributed by atoms with E-state index in [1.807, 2.05) is 29.1 Å². The van der Waals surface area contributed by atoms with Crippen LogP contribution in [0.3, 0.4) is 0 Å². The van der Waals surface area contributed by atoms with Crippen molar-refractivity contribution in [3.63, 3.8) is 0 Å². The number of hydrogen-bond donors (Lipinski definition) is 1. The number of aliphatic hydroxyl groups is 1. The second-order valence-corrected chi connectivity index (χ2v) is 9.32. The van der Waals surface area contributed by atoms with Gasteiger partial charge in [-0.3, -0.25) is 4.98 Å². The summed E-state index contributed by atoms with van der Waals surface area (Å²) in [5.41, 5.74) is 2.87. The van der Waals surface area contributed by atoms with Crippen LogP contribution in [0.1, 0.15) is 18.9 Å². The molecule has 0 amide bonds. The first kappa shape index (κ1) is 18.0. The summed E-state index contributed by atoms with van der Waals surface area (Å²) in [5.74, 6) is 1.02. The fourth-order valence-corrected chi connectivity index (χ4v) is 5.92. The predicted molar refractivity (Wildman–Crippen MR) is 116 cm³/mol. The maximum absolute atomic E-state index is 10.9. The molecule has 1 aromatic carbocycles. The highest BCUT2D eigenvalue weighted by Crippen LogP contribution is 2.43. The Bertz CT molecular complexity index is 1140. The van der Waals surface area contributed by atoms with Gasteiger partial charge >= 0.3 is 0 Å². The Morgan fingerprint density at radius 1 is 1.00 bits per heavy atom. The number of aromatic nitrogens is 5. The monoisotopic (exact) mass is 418 g/mol. The number of aliphatic hydroxyl groups excluding tert-OH is 1. The first-order valence-electron chi connectivity index (χ1n) is 10.4. The van der Waals surface area contributed by atoms with Crippen molar-refractivity contribution >= 4 is 26.7 Å². The fourth-order valence-electron chi connectivity index (χ4n) is 4.94. The zero-order valence-corrected chi connectivity index (χ0v) is 17.2. The van der Waals surface area contributed by atoms with Crippen LogP contribution in [0.2, 0.25) is 0 Å². The second kappa shape index (κ2) is 7.14. The molecular weight excluding hydrogens is 396 g/mol. The Morgan fingerprint density at radius 2 is 1.80 bits per heavy atom. The van der Waals surface area contributed by atoms with E-state index in [0.717, 1.165) is 47.8 Å². The minimum absolute atomic E-state index is 0.0374. The molecule has 1 N–H and O–H groups in total. The van der Waals surface area contributed by atoms with Crippen LogP contribution in [-0.4, -0.2) is 49.3 Å². The molecule has 0 unspecified atom stereocenters. The van der Waals surface area contributed by atoms with Crippen molar-refractivity contribution < 1.29 is 5.11 Å². The van der Waals surface area contributed by atoms with Gasteiger partial charge in [0.15, 0.2) is 5.13 Å². The van der Waals surface area contributed by atoms with Crippen molar-refractivity contribution in [2.75, 3.05) is 18.0 Å². The summed E-state index contributed by atoms with van der Waals surface area (Å²) in [5, 5.41) is 20.7. The summed E-state index contributed by atoms with van der Waals surface area (Å²) in [6, 6.07) is 12.1. The Hall–Kier alpha value is -2.84. The second-order valence-electron chi connectivity index (χ2n) is 8.32. The number of pyridine rings is 1. The average molecular weight is 419 g/mol. The predicted octanol–water partition coefficient (Wildman–Crippen LogP) is 3.40. The molecule has 6 rings (SSSR count). The van der Waals surface area contributed by atoms with E-state index in [9.17, 15) is 5.11 Å². The molecule has 2 aliphatic rings. The van der Waals surface area contributed by atoms with Crippen molar-refractivity contribution in [3.8, 4) is 11.3 Å². The fraction of sp³-hybridized carbons (Fsp3) is 0.364. The topological polar surface area (TPSA) is 80.0 Å². The molecule has 2 fully saturated rings. The number of anilines is 1. The Labute approximate surface area is 178 Å². The molecule has 0 radical (unpaired) electrons. The van der Waals surface area contributed by atoms with Gasteiger partial charge in [0.25, 0.3) is 0 Å². The summed E-state index contributed by atoms with van der Waals surface area (Å²) in [7, 11) is 0. The van der Waals surface area contributed by atoms with Crippen molar-refractivity contribution in [2.45, 2.75) is 25.0 Å². The molecule has 0 bridgehead atoms. The van der Waals surface area contributed by atoms with Gasteiger partial charge in [-0.1, -0.05) is 28.7 Å². The van der Waals surface area contributed by atoms with Crippen molar-refractivity contribution in [2.24, 2.45) is 11.8 Å². The molecule has 1 saturated carbocycles. The number of para-hydroxylation sites is 1. The summed E-state index contributed by atoms with van der Waals surface area (Å²) >= 11 is 1.76. The molecule has 1 aliphatic carbocycles. The van der Waals surface area contributed by atoms with E-state index in [2.05, 4.69) is 38.4 Å². The molecular formula is C22H22N6OS. The maximum Gasteiger partial charge on any atom is 0.186 e. The smallest absolute Gasteiger partial charge is 0.186 e. The van der Waals surface area contributed by atoms with Crippen molar-refractivity contribution in [1.82, 2.24) is 25.0 Å². The van der Waals surface area contributed by atoms with Gasteiger partial charge in [0.2, 0.25) is 0 Å². The van der Waals surface area contributed by atoms with Crippen LogP contribution in [0.25, 0.3) is 21.5 Å². The van der Waals surface area contributed by atoms with Crippen LogP contribution in [0, 0.1) is 11.8 Å². The Balaban J connectivity index is 1.21. The SMILES string of the molecule is O[C@@H]1C[C@H]2CN(c3nc4ccccc4s3)C[C@H]2C[C@H]1n1cc(-c2ccncc2)nn1. The lowest BCUT2D eigenvalue weighted by Gasteiger charge is -2.34. The van der Waals surface area contributed by atoms with Gasteiger partial charge in [0.1, 0.15) is 5.69 Å². The number of hydrogen-bond acceptors (Lipinski definition) is 7. The summed E-state index contributed by atoms with van der Waals surface area (Å²) in [4.78, 5) is 11.3. The lowest BCUT2D eigenvalue weighted by Crippen LogP contribution is -2.36. The number of thiazole rings is 1. The zero-order valence-electron chi connectivity index (χ0n) is 16.4. The van der Waals surface area contributed by atoms with E-state index in [1.54, 1.807) is 23.7 Å². The minimum Gasteiger partial charge on any atom is -0.391 e. The number of rotatable bonds is 3. The molecule has 1 aliphatic heterocycles. The van der Waals surface area contributed by atoms with E-state index in [-0.39, 0.29) is 6.04 Å². The van der Waals surface area contributed by atoms with E-state index < -0.39 is 6.10 Å². The molecule has 4 atom stereocenters. The molecule has 4 heterocycles. The maximum atomic E-state index is 10.9. The molecule has 30 heavy (non-hydrogen) atoms. The van der Waals surface area contributed by atoms with Crippen molar-refractivity contribution in [3.05, 3.63) is 55.0 Å². The number of fused-ring (bicyclic) bond motifs is 2. The lowest BCUT2D eigenvalue weighted by molar-refractivity contribution is 0.0299.